The maximum atomic E-state index is 12.7. The number of nitrogens with zero attached hydrogens (tertiary/aromatic N) is 2. The lowest BCUT2D eigenvalue weighted by atomic mass is 10.1. The maximum absolute atomic E-state index is 12.7. The Labute approximate surface area is 139 Å². The molecule has 1 amide bonds. The van der Waals surface area contributed by atoms with Crippen molar-refractivity contribution in [2.45, 2.75) is 19.4 Å². The fourth-order valence-corrected chi connectivity index (χ4v) is 2.82. The predicted molar refractivity (Wildman–Crippen MR) is 87.4 cm³/mol. The fourth-order valence-electron chi connectivity index (χ4n) is 2.59. The van der Waals surface area contributed by atoms with Gasteiger partial charge in [0.1, 0.15) is 17.0 Å². The monoisotopic (exact) mass is 341 g/mol. The molecule has 0 unspecified atom stereocenters. The summed E-state index contributed by atoms with van der Waals surface area (Å²) in [7, 11) is 0. The van der Waals surface area contributed by atoms with Crippen LogP contribution in [0.2, 0.25) is 5.02 Å². The summed E-state index contributed by atoms with van der Waals surface area (Å²) in [4.78, 5) is 14.4. The van der Waals surface area contributed by atoms with Crippen LogP contribution in [0, 0.1) is 6.92 Å². The number of hydrogen-bond donors (Lipinski definition) is 1. The summed E-state index contributed by atoms with van der Waals surface area (Å²) in [5.41, 5.74) is 7.53. The molecule has 22 heavy (non-hydrogen) atoms. The summed E-state index contributed by atoms with van der Waals surface area (Å²) in [6.45, 7) is 2.95. The van der Waals surface area contributed by atoms with Crippen LogP contribution in [0.1, 0.15) is 22.5 Å². The van der Waals surface area contributed by atoms with Gasteiger partial charge in [0.2, 0.25) is 0 Å². The van der Waals surface area contributed by atoms with E-state index in [-0.39, 0.29) is 24.4 Å². The van der Waals surface area contributed by atoms with Gasteiger partial charge in [-0.2, -0.15) is 0 Å². The molecule has 1 aliphatic rings. The van der Waals surface area contributed by atoms with Crippen LogP contribution in [-0.4, -0.2) is 35.1 Å². The van der Waals surface area contributed by atoms with Crippen molar-refractivity contribution in [2.24, 2.45) is 5.73 Å². The van der Waals surface area contributed by atoms with Gasteiger partial charge >= 0.3 is 0 Å². The summed E-state index contributed by atoms with van der Waals surface area (Å²) in [6.07, 6.45) is 0.817. The zero-order valence-electron chi connectivity index (χ0n) is 12.1. The summed E-state index contributed by atoms with van der Waals surface area (Å²) < 4.78 is 5.23. The van der Waals surface area contributed by atoms with Gasteiger partial charge in [0, 0.05) is 24.7 Å². The van der Waals surface area contributed by atoms with E-state index in [1.807, 2.05) is 18.2 Å². The first-order valence-electron chi connectivity index (χ1n) is 6.84. The van der Waals surface area contributed by atoms with E-state index in [9.17, 15) is 4.79 Å². The molecule has 118 valence electrons. The van der Waals surface area contributed by atoms with Crippen molar-refractivity contribution in [3.8, 4) is 11.3 Å². The summed E-state index contributed by atoms with van der Waals surface area (Å²) in [6, 6.07) is 7.32. The molecule has 0 spiro atoms. The standard InChI is InChI=1S/C15H16ClN3O2.ClH/c1-9-13(15(20)19-7-6-10(17)8-19)14(18-21-9)11-4-2-3-5-12(11)16;/h2-5,10H,6-8,17H2,1H3;1H/t10-;/m1./s1. The molecule has 0 radical (unpaired) electrons. The molecule has 1 aliphatic heterocycles. The molecule has 1 fully saturated rings. The number of likely N-dealkylation sites (tertiary alicyclic amines) is 1. The topological polar surface area (TPSA) is 72.4 Å². The summed E-state index contributed by atoms with van der Waals surface area (Å²) in [5, 5.41) is 4.56. The summed E-state index contributed by atoms with van der Waals surface area (Å²) >= 11 is 6.20. The fraction of sp³-hybridized carbons (Fsp3) is 0.333. The molecule has 0 saturated carbocycles. The van der Waals surface area contributed by atoms with E-state index in [1.54, 1.807) is 17.9 Å². The van der Waals surface area contributed by atoms with Crippen molar-refractivity contribution in [3.63, 3.8) is 0 Å². The Hall–Kier alpha value is -1.56. The predicted octanol–water partition coefficient (Wildman–Crippen LogP) is 2.90. The Morgan fingerprint density at radius 3 is 2.82 bits per heavy atom. The van der Waals surface area contributed by atoms with Gasteiger partial charge in [-0.1, -0.05) is 35.0 Å². The minimum atomic E-state index is -0.100. The molecule has 0 bridgehead atoms. The molecule has 7 heteroatoms. The Balaban J connectivity index is 0.00000176. The molecule has 1 aromatic heterocycles. The third-order valence-corrected chi connectivity index (χ3v) is 4.05. The maximum Gasteiger partial charge on any atom is 0.259 e. The first kappa shape index (κ1) is 16.8. The second kappa shape index (κ2) is 6.69. The van der Waals surface area contributed by atoms with Gasteiger partial charge in [-0.15, -0.1) is 12.4 Å². The van der Waals surface area contributed by atoms with Crippen LogP contribution in [0.4, 0.5) is 0 Å². The van der Waals surface area contributed by atoms with E-state index in [4.69, 9.17) is 21.9 Å². The number of rotatable bonds is 2. The van der Waals surface area contributed by atoms with E-state index in [0.717, 1.165) is 6.42 Å². The minimum Gasteiger partial charge on any atom is -0.360 e. The van der Waals surface area contributed by atoms with Crippen LogP contribution in [0.15, 0.2) is 28.8 Å². The van der Waals surface area contributed by atoms with Gasteiger partial charge in [-0.05, 0) is 19.4 Å². The molecular formula is C15H17Cl2N3O2. The van der Waals surface area contributed by atoms with Gasteiger partial charge in [-0.3, -0.25) is 4.79 Å². The molecule has 2 heterocycles. The summed E-state index contributed by atoms with van der Waals surface area (Å²) in [5.74, 6) is 0.395. The average molecular weight is 342 g/mol. The normalized spacial score (nSPS) is 17.4. The number of amides is 1. The molecule has 2 aromatic rings. The van der Waals surface area contributed by atoms with Crippen molar-refractivity contribution < 1.29 is 9.32 Å². The van der Waals surface area contributed by atoms with Crippen LogP contribution < -0.4 is 5.73 Å². The van der Waals surface area contributed by atoms with Crippen LogP contribution in [-0.2, 0) is 0 Å². The number of aryl methyl sites for hydroxylation is 1. The zero-order valence-corrected chi connectivity index (χ0v) is 13.7. The lowest BCUT2D eigenvalue weighted by molar-refractivity contribution is 0.0790. The number of hydrogen-bond acceptors (Lipinski definition) is 4. The third kappa shape index (κ3) is 2.97. The van der Waals surface area contributed by atoms with Crippen molar-refractivity contribution in [1.29, 1.82) is 0 Å². The molecule has 3 rings (SSSR count). The first-order valence-corrected chi connectivity index (χ1v) is 7.21. The lowest BCUT2D eigenvalue weighted by Crippen LogP contribution is -2.32. The van der Waals surface area contributed by atoms with E-state index in [1.165, 1.54) is 0 Å². The molecule has 1 saturated heterocycles. The number of carbonyl (C=O) groups excluding carboxylic acids is 1. The highest BCUT2D eigenvalue weighted by Gasteiger charge is 2.30. The number of halogens is 2. The van der Waals surface area contributed by atoms with E-state index in [0.29, 0.717) is 40.7 Å². The largest absolute Gasteiger partial charge is 0.360 e. The second-order valence-corrected chi connectivity index (χ2v) is 5.65. The van der Waals surface area contributed by atoms with Gasteiger partial charge in [0.15, 0.2) is 0 Å². The Morgan fingerprint density at radius 2 is 2.18 bits per heavy atom. The lowest BCUT2D eigenvalue weighted by Gasteiger charge is -2.15. The van der Waals surface area contributed by atoms with Gasteiger partial charge in [0.05, 0.1) is 5.02 Å². The Bertz CT molecular complexity index is 687. The Kier molecular flexibility index (Phi) is 5.11. The smallest absolute Gasteiger partial charge is 0.259 e. The molecule has 5 nitrogen and oxygen atoms in total. The molecular weight excluding hydrogens is 325 g/mol. The molecule has 2 N–H and O–H groups in total. The van der Waals surface area contributed by atoms with E-state index in [2.05, 4.69) is 5.16 Å². The van der Waals surface area contributed by atoms with Crippen LogP contribution in [0.5, 0.6) is 0 Å². The van der Waals surface area contributed by atoms with Crippen molar-refractivity contribution >= 4 is 29.9 Å². The van der Waals surface area contributed by atoms with Gasteiger partial charge < -0.3 is 15.2 Å². The first-order chi connectivity index (χ1) is 10.1. The SMILES string of the molecule is Cc1onc(-c2ccccc2Cl)c1C(=O)N1CC[C@@H](N)C1.Cl. The van der Waals surface area contributed by atoms with Crippen molar-refractivity contribution in [3.05, 3.63) is 40.6 Å². The highest BCUT2D eigenvalue weighted by molar-refractivity contribution is 6.33. The number of benzene rings is 1. The van der Waals surface area contributed by atoms with Gasteiger partial charge in [-0.25, -0.2) is 0 Å². The minimum absolute atomic E-state index is 0. The van der Waals surface area contributed by atoms with Gasteiger partial charge in [0.25, 0.3) is 5.91 Å². The Morgan fingerprint density at radius 1 is 1.45 bits per heavy atom. The molecule has 1 atom stereocenters. The van der Waals surface area contributed by atoms with Crippen LogP contribution >= 0.6 is 24.0 Å². The van der Waals surface area contributed by atoms with Crippen LogP contribution in [0.3, 0.4) is 0 Å². The molecule has 1 aromatic carbocycles. The third-order valence-electron chi connectivity index (χ3n) is 3.72. The second-order valence-electron chi connectivity index (χ2n) is 5.24. The van der Waals surface area contributed by atoms with Crippen molar-refractivity contribution in [2.75, 3.05) is 13.1 Å². The van der Waals surface area contributed by atoms with E-state index >= 15 is 0 Å². The van der Waals surface area contributed by atoms with Crippen molar-refractivity contribution in [1.82, 2.24) is 10.1 Å². The van der Waals surface area contributed by atoms with E-state index < -0.39 is 0 Å². The zero-order chi connectivity index (χ0) is 15.0. The highest BCUT2D eigenvalue weighted by atomic mass is 35.5. The average Bonchev–Trinajstić information content (AvgIpc) is 3.05. The number of carbonyl (C=O) groups is 1. The molecule has 0 aliphatic carbocycles. The quantitative estimate of drug-likeness (QED) is 0.911. The number of nitrogens with two attached hydrogens (primary N) is 1. The highest BCUT2D eigenvalue weighted by Crippen LogP contribution is 2.32. The number of aromatic nitrogens is 1. The van der Waals surface area contributed by atoms with Crippen LogP contribution in [0.25, 0.3) is 11.3 Å².